The maximum Gasteiger partial charge on any atom is 0.168 e. The maximum absolute atomic E-state index is 12.4. The molecule has 2 aliphatic heterocycles. The molecule has 0 amide bonds. The van der Waals surface area contributed by atoms with Crippen LogP contribution in [0.15, 0.2) is 40.5 Å². The molecule has 0 N–H and O–H groups in total. The van der Waals surface area contributed by atoms with Gasteiger partial charge >= 0.3 is 0 Å². The SMILES string of the molecule is O=C1CC(N2CCN(c3ccc(Cl)cc3)CC2)=NC2=C1CCCC2. The van der Waals surface area contributed by atoms with Gasteiger partial charge in [-0.25, -0.2) is 4.99 Å². The molecule has 3 aliphatic rings. The Bertz CT molecular complexity index is 700. The van der Waals surface area contributed by atoms with Gasteiger partial charge in [0.1, 0.15) is 5.84 Å². The topological polar surface area (TPSA) is 35.9 Å². The lowest BCUT2D eigenvalue weighted by Gasteiger charge is -2.38. The van der Waals surface area contributed by atoms with Crippen LogP contribution in [0.2, 0.25) is 5.02 Å². The Balaban J connectivity index is 1.44. The van der Waals surface area contributed by atoms with Crippen LogP contribution in [0, 0.1) is 0 Å². The van der Waals surface area contributed by atoms with Crippen LogP contribution in [0.3, 0.4) is 0 Å². The summed E-state index contributed by atoms with van der Waals surface area (Å²) in [7, 11) is 0. The molecule has 0 unspecified atom stereocenters. The first-order chi connectivity index (χ1) is 11.7. The van der Waals surface area contributed by atoms with Crippen molar-refractivity contribution in [3.05, 3.63) is 40.6 Å². The number of anilines is 1. The Morgan fingerprint density at radius 2 is 1.58 bits per heavy atom. The van der Waals surface area contributed by atoms with Gasteiger partial charge in [0.15, 0.2) is 5.78 Å². The predicted molar refractivity (Wildman–Crippen MR) is 97.8 cm³/mol. The van der Waals surface area contributed by atoms with E-state index in [0.717, 1.165) is 74.0 Å². The molecular formula is C19H22ClN3O. The third-order valence-electron chi connectivity index (χ3n) is 5.19. The van der Waals surface area contributed by atoms with Gasteiger partial charge < -0.3 is 9.80 Å². The minimum absolute atomic E-state index is 0.301. The van der Waals surface area contributed by atoms with Gasteiger partial charge in [0, 0.05) is 48.2 Å². The highest BCUT2D eigenvalue weighted by atomic mass is 35.5. The van der Waals surface area contributed by atoms with Gasteiger partial charge in [-0.3, -0.25) is 4.79 Å². The number of aliphatic imine (C=N–C) groups is 1. The summed E-state index contributed by atoms with van der Waals surface area (Å²) in [6, 6.07) is 8.01. The first kappa shape index (κ1) is 15.7. The largest absolute Gasteiger partial charge is 0.368 e. The van der Waals surface area contributed by atoms with Gasteiger partial charge in [0.25, 0.3) is 0 Å². The van der Waals surface area contributed by atoms with E-state index in [4.69, 9.17) is 16.6 Å². The molecule has 0 aromatic heterocycles. The molecule has 4 rings (SSSR count). The van der Waals surface area contributed by atoms with E-state index in [2.05, 4.69) is 21.9 Å². The van der Waals surface area contributed by atoms with E-state index in [9.17, 15) is 4.79 Å². The first-order valence-corrected chi connectivity index (χ1v) is 9.17. The molecule has 0 spiro atoms. The van der Waals surface area contributed by atoms with Crippen molar-refractivity contribution in [3.8, 4) is 0 Å². The van der Waals surface area contributed by atoms with Crippen LogP contribution in [-0.4, -0.2) is 42.7 Å². The van der Waals surface area contributed by atoms with E-state index in [0.29, 0.717) is 12.2 Å². The number of Topliss-reactive ketones (excluding diaryl/α,β-unsaturated/α-hetero) is 1. The molecule has 2 heterocycles. The van der Waals surface area contributed by atoms with Gasteiger partial charge in [0.05, 0.1) is 6.42 Å². The molecule has 1 saturated heterocycles. The van der Waals surface area contributed by atoms with Crippen LogP contribution >= 0.6 is 11.6 Å². The number of amidine groups is 1. The third kappa shape index (κ3) is 3.07. The van der Waals surface area contributed by atoms with Crippen LogP contribution in [0.25, 0.3) is 0 Å². The highest BCUT2D eigenvalue weighted by Crippen LogP contribution is 2.31. The standard InChI is InChI=1S/C19H22ClN3O/c20-14-5-7-15(8-6-14)22-9-11-23(12-10-22)19-13-18(24)16-3-1-2-4-17(16)21-19/h5-8H,1-4,9-13H2. The second-order valence-corrected chi connectivity index (χ2v) is 7.15. The van der Waals surface area contributed by atoms with Crippen LogP contribution in [-0.2, 0) is 4.79 Å². The summed E-state index contributed by atoms with van der Waals surface area (Å²) in [6.07, 6.45) is 4.67. The first-order valence-electron chi connectivity index (χ1n) is 8.79. The molecular weight excluding hydrogens is 322 g/mol. The average molecular weight is 344 g/mol. The van der Waals surface area contributed by atoms with E-state index >= 15 is 0 Å². The molecule has 126 valence electrons. The Kier molecular flexibility index (Phi) is 4.31. The summed E-state index contributed by atoms with van der Waals surface area (Å²) >= 11 is 5.97. The molecule has 0 saturated carbocycles. The predicted octanol–water partition coefficient (Wildman–Crippen LogP) is 3.66. The van der Waals surface area contributed by atoms with Crippen molar-refractivity contribution in [2.24, 2.45) is 4.99 Å². The van der Waals surface area contributed by atoms with Crippen LogP contribution < -0.4 is 4.90 Å². The molecule has 1 aromatic carbocycles. The van der Waals surface area contributed by atoms with Crippen molar-refractivity contribution < 1.29 is 4.79 Å². The summed E-state index contributed by atoms with van der Waals surface area (Å²) in [5.41, 5.74) is 3.27. The number of rotatable bonds is 1. The van der Waals surface area contributed by atoms with E-state index in [1.54, 1.807) is 0 Å². The third-order valence-corrected chi connectivity index (χ3v) is 5.45. The van der Waals surface area contributed by atoms with Crippen LogP contribution in [0.5, 0.6) is 0 Å². The minimum atomic E-state index is 0.301. The van der Waals surface area contributed by atoms with Crippen LogP contribution in [0.1, 0.15) is 32.1 Å². The second-order valence-electron chi connectivity index (χ2n) is 6.71. The molecule has 1 aliphatic carbocycles. The van der Waals surface area contributed by atoms with E-state index in [1.807, 2.05) is 12.1 Å². The number of benzene rings is 1. The van der Waals surface area contributed by atoms with Crippen LogP contribution in [0.4, 0.5) is 5.69 Å². The fourth-order valence-electron chi connectivity index (χ4n) is 3.82. The quantitative estimate of drug-likeness (QED) is 0.780. The lowest BCUT2D eigenvalue weighted by Crippen LogP contribution is -2.49. The number of hydrogen-bond acceptors (Lipinski definition) is 4. The normalized spacial score (nSPS) is 21.7. The summed E-state index contributed by atoms with van der Waals surface area (Å²) < 4.78 is 0. The fourth-order valence-corrected chi connectivity index (χ4v) is 3.94. The Morgan fingerprint density at radius 1 is 0.917 bits per heavy atom. The Hall–Kier alpha value is -1.81. The molecule has 24 heavy (non-hydrogen) atoms. The number of halogens is 1. The molecule has 4 nitrogen and oxygen atoms in total. The number of ketones is 1. The zero-order valence-electron chi connectivity index (χ0n) is 13.8. The van der Waals surface area contributed by atoms with Crippen molar-refractivity contribution in [2.45, 2.75) is 32.1 Å². The lowest BCUT2D eigenvalue weighted by molar-refractivity contribution is -0.115. The van der Waals surface area contributed by atoms with Crippen molar-refractivity contribution >= 4 is 28.9 Å². The number of allylic oxidation sites excluding steroid dienone is 2. The smallest absolute Gasteiger partial charge is 0.168 e. The van der Waals surface area contributed by atoms with Crippen molar-refractivity contribution in [3.63, 3.8) is 0 Å². The number of piperazine rings is 1. The fraction of sp³-hybridized carbons (Fsp3) is 0.474. The second kappa shape index (κ2) is 6.60. The Labute approximate surface area is 147 Å². The molecule has 1 aromatic rings. The van der Waals surface area contributed by atoms with Gasteiger partial charge in [-0.05, 0) is 49.9 Å². The minimum Gasteiger partial charge on any atom is -0.368 e. The van der Waals surface area contributed by atoms with Crippen molar-refractivity contribution in [1.29, 1.82) is 0 Å². The summed E-state index contributed by atoms with van der Waals surface area (Å²) in [6.45, 7) is 3.72. The number of carbonyl (C=O) groups is 1. The molecule has 0 bridgehead atoms. The Morgan fingerprint density at radius 3 is 2.33 bits per heavy atom. The van der Waals surface area contributed by atoms with Gasteiger partial charge in [0.2, 0.25) is 0 Å². The molecule has 0 radical (unpaired) electrons. The summed E-state index contributed by atoms with van der Waals surface area (Å²) in [5, 5.41) is 0.768. The monoisotopic (exact) mass is 343 g/mol. The summed E-state index contributed by atoms with van der Waals surface area (Å²) in [5.74, 6) is 1.28. The van der Waals surface area contributed by atoms with E-state index in [-0.39, 0.29) is 0 Å². The number of hydrogen-bond donors (Lipinski definition) is 0. The van der Waals surface area contributed by atoms with Gasteiger partial charge in [-0.15, -0.1) is 0 Å². The highest BCUT2D eigenvalue weighted by Gasteiger charge is 2.29. The maximum atomic E-state index is 12.4. The molecule has 5 heteroatoms. The van der Waals surface area contributed by atoms with Gasteiger partial charge in [-0.1, -0.05) is 11.6 Å². The lowest BCUT2D eigenvalue weighted by atomic mass is 9.90. The molecule has 0 atom stereocenters. The zero-order valence-corrected chi connectivity index (χ0v) is 14.6. The number of carbonyl (C=O) groups excluding carboxylic acids is 1. The highest BCUT2D eigenvalue weighted by molar-refractivity contribution is 6.30. The van der Waals surface area contributed by atoms with E-state index < -0.39 is 0 Å². The zero-order chi connectivity index (χ0) is 16.5. The average Bonchev–Trinajstić information content (AvgIpc) is 2.62. The van der Waals surface area contributed by atoms with E-state index in [1.165, 1.54) is 5.69 Å². The number of nitrogens with zero attached hydrogens (tertiary/aromatic N) is 3. The van der Waals surface area contributed by atoms with Crippen molar-refractivity contribution in [1.82, 2.24) is 4.90 Å². The summed E-state index contributed by atoms with van der Waals surface area (Å²) in [4.78, 5) is 21.9. The van der Waals surface area contributed by atoms with Crippen molar-refractivity contribution in [2.75, 3.05) is 31.1 Å². The van der Waals surface area contributed by atoms with Gasteiger partial charge in [-0.2, -0.15) is 0 Å². The molecule has 1 fully saturated rings.